The van der Waals surface area contributed by atoms with Crippen LogP contribution in [-0.4, -0.2) is 26.6 Å². The lowest BCUT2D eigenvalue weighted by molar-refractivity contribution is 0.0702. The monoisotopic (exact) mass is 259 g/mol. The predicted octanol–water partition coefficient (Wildman–Crippen LogP) is 2.33. The van der Waals surface area contributed by atoms with Crippen LogP contribution in [0.1, 0.15) is 35.3 Å². The van der Waals surface area contributed by atoms with E-state index in [1.165, 1.54) is 12.3 Å². The van der Waals surface area contributed by atoms with Crippen LogP contribution >= 0.6 is 11.3 Å². The molecule has 0 aromatic carbocycles. The van der Waals surface area contributed by atoms with Gasteiger partial charge in [-0.1, -0.05) is 4.40 Å². The van der Waals surface area contributed by atoms with Crippen LogP contribution in [0.25, 0.3) is 0 Å². The highest BCUT2D eigenvalue weighted by Gasteiger charge is 2.25. The third kappa shape index (κ3) is 3.62. The molecule has 1 N–H and O–H groups in total. The van der Waals surface area contributed by atoms with Gasteiger partial charge in [-0.05, 0) is 32.9 Å². The second kappa shape index (κ2) is 4.99. The zero-order valence-corrected chi connectivity index (χ0v) is 10.9. The molecule has 1 atom stereocenters. The Morgan fingerprint density at radius 1 is 1.56 bits per heavy atom. The predicted molar refractivity (Wildman–Crippen MR) is 66.8 cm³/mol. The van der Waals surface area contributed by atoms with Crippen LogP contribution in [0.2, 0.25) is 0 Å². The van der Waals surface area contributed by atoms with Crippen molar-refractivity contribution >= 4 is 34.9 Å². The Kier molecular flexibility index (Phi) is 4.12. The number of nitrogens with zero attached hydrogens (tertiary/aromatic N) is 1. The Balaban J connectivity index is 2.73. The summed E-state index contributed by atoms with van der Waals surface area (Å²) in [5.74, 6) is -0.957. The molecule has 0 saturated carbocycles. The molecule has 1 aromatic rings. The van der Waals surface area contributed by atoms with Crippen molar-refractivity contribution in [1.82, 2.24) is 0 Å². The van der Waals surface area contributed by atoms with Crippen molar-refractivity contribution in [3.8, 4) is 0 Å². The molecule has 1 unspecified atom stereocenters. The summed E-state index contributed by atoms with van der Waals surface area (Å²) >= 11 is -0.200. The van der Waals surface area contributed by atoms with E-state index in [-0.39, 0.29) is 4.88 Å². The number of aromatic carboxylic acids is 1. The highest BCUT2D eigenvalue weighted by atomic mass is 32.2. The van der Waals surface area contributed by atoms with E-state index in [0.29, 0.717) is 4.88 Å². The van der Waals surface area contributed by atoms with Gasteiger partial charge in [0.15, 0.2) is 0 Å². The van der Waals surface area contributed by atoms with E-state index >= 15 is 0 Å². The van der Waals surface area contributed by atoms with Crippen molar-refractivity contribution in [2.75, 3.05) is 0 Å². The average molecular weight is 259 g/mol. The van der Waals surface area contributed by atoms with Crippen LogP contribution in [0.5, 0.6) is 0 Å². The second-order valence-corrected chi connectivity index (χ2v) is 7.15. The smallest absolute Gasteiger partial charge is 0.345 e. The molecule has 16 heavy (non-hydrogen) atoms. The van der Waals surface area contributed by atoms with E-state index in [1.54, 1.807) is 6.07 Å². The van der Waals surface area contributed by atoms with Crippen LogP contribution in [0.15, 0.2) is 16.5 Å². The first-order valence-electron chi connectivity index (χ1n) is 4.60. The summed E-state index contributed by atoms with van der Waals surface area (Å²) in [4.78, 5) is 11.6. The summed E-state index contributed by atoms with van der Waals surface area (Å²) in [6.45, 7) is 5.49. The van der Waals surface area contributed by atoms with Crippen LogP contribution in [-0.2, 0) is 11.4 Å². The van der Waals surface area contributed by atoms with Crippen LogP contribution in [0, 0.1) is 0 Å². The number of thiophene rings is 1. The molecule has 88 valence electrons. The minimum absolute atomic E-state index is 0.253. The highest BCUT2D eigenvalue weighted by Crippen LogP contribution is 2.18. The Morgan fingerprint density at radius 3 is 2.62 bits per heavy atom. The topological polar surface area (TPSA) is 72.7 Å². The summed E-state index contributed by atoms with van der Waals surface area (Å²) in [7, 11) is 0. The Morgan fingerprint density at radius 2 is 2.19 bits per heavy atom. The average Bonchev–Trinajstić information content (AvgIpc) is 2.60. The number of carbonyl (C=O) groups is 1. The molecule has 1 aromatic heterocycles. The van der Waals surface area contributed by atoms with E-state index in [1.807, 2.05) is 20.8 Å². The number of rotatable bonds is 3. The van der Waals surface area contributed by atoms with Gasteiger partial charge in [-0.3, -0.25) is 0 Å². The van der Waals surface area contributed by atoms with Crippen molar-refractivity contribution in [3.05, 3.63) is 21.9 Å². The molecule has 0 amide bonds. The molecular formula is C10H13NO3S2. The summed E-state index contributed by atoms with van der Waals surface area (Å²) in [5.41, 5.74) is 0. The fraction of sp³-hybridized carbons (Fsp3) is 0.400. The lowest BCUT2D eigenvalue weighted by atomic mass is 10.3. The maximum Gasteiger partial charge on any atom is 0.345 e. The van der Waals surface area contributed by atoms with Crippen molar-refractivity contribution in [1.29, 1.82) is 0 Å². The second-order valence-electron chi connectivity index (χ2n) is 4.10. The normalized spacial score (nSPS) is 14.2. The summed E-state index contributed by atoms with van der Waals surface area (Å²) in [6.07, 6.45) is 1.46. The van der Waals surface area contributed by atoms with Crippen LogP contribution < -0.4 is 0 Å². The van der Waals surface area contributed by atoms with Gasteiger partial charge in [-0.2, -0.15) is 0 Å². The quantitative estimate of drug-likeness (QED) is 0.668. The van der Waals surface area contributed by atoms with E-state index < -0.39 is 22.1 Å². The van der Waals surface area contributed by atoms with Gasteiger partial charge in [-0.25, -0.2) is 4.79 Å². The summed E-state index contributed by atoms with van der Waals surface area (Å²) in [5, 5.41) is 8.71. The van der Waals surface area contributed by atoms with Crippen molar-refractivity contribution in [2.45, 2.75) is 25.5 Å². The molecule has 0 spiro atoms. The molecule has 1 rings (SSSR count). The highest BCUT2D eigenvalue weighted by molar-refractivity contribution is 7.91. The summed E-state index contributed by atoms with van der Waals surface area (Å²) in [6, 6.07) is 3.16. The maximum absolute atomic E-state index is 11.6. The largest absolute Gasteiger partial charge is 0.591 e. The Labute approximate surface area is 101 Å². The third-order valence-electron chi connectivity index (χ3n) is 1.64. The molecule has 0 aliphatic heterocycles. The first-order valence-corrected chi connectivity index (χ1v) is 6.52. The van der Waals surface area contributed by atoms with Gasteiger partial charge >= 0.3 is 5.97 Å². The fourth-order valence-corrected chi connectivity index (χ4v) is 2.11. The van der Waals surface area contributed by atoms with Crippen molar-refractivity contribution < 1.29 is 14.5 Å². The SMILES string of the molecule is CC(C)(C)[S+]([O-])/N=C/c1ccc(C(=O)O)s1. The number of hydrogen-bond donors (Lipinski definition) is 1. The molecule has 0 fully saturated rings. The molecule has 0 saturated heterocycles. The molecule has 6 heteroatoms. The minimum atomic E-state index is -1.31. The summed E-state index contributed by atoms with van der Waals surface area (Å²) < 4.78 is 15.1. The number of carboxylic acids is 1. The van der Waals surface area contributed by atoms with Crippen molar-refractivity contribution in [3.63, 3.8) is 0 Å². The third-order valence-corrected chi connectivity index (χ3v) is 3.99. The fourth-order valence-electron chi connectivity index (χ4n) is 0.795. The van der Waals surface area contributed by atoms with Gasteiger partial charge in [-0.15, -0.1) is 11.3 Å². The van der Waals surface area contributed by atoms with Gasteiger partial charge in [0.25, 0.3) is 0 Å². The molecule has 4 nitrogen and oxygen atoms in total. The first kappa shape index (κ1) is 13.2. The van der Waals surface area contributed by atoms with E-state index in [4.69, 9.17) is 5.11 Å². The standard InChI is InChI=1S/C10H13NO3S2/c1-10(2,3)16(14)11-6-7-4-5-8(15-7)9(12)13/h4-6H,1-3H3,(H,12,13)/b11-6+. The van der Waals surface area contributed by atoms with E-state index in [9.17, 15) is 9.35 Å². The number of carboxylic acid groups (broad SMARTS) is 1. The molecule has 0 bridgehead atoms. The van der Waals surface area contributed by atoms with E-state index in [2.05, 4.69) is 4.40 Å². The van der Waals surface area contributed by atoms with Gasteiger partial charge in [0.2, 0.25) is 0 Å². The lowest BCUT2D eigenvalue weighted by Crippen LogP contribution is -2.25. The Hall–Kier alpha value is -0.850. The van der Waals surface area contributed by atoms with Gasteiger partial charge in [0.05, 0.1) is 11.1 Å². The van der Waals surface area contributed by atoms with Crippen LogP contribution in [0.3, 0.4) is 0 Å². The van der Waals surface area contributed by atoms with Crippen LogP contribution in [0.4, 0.5) is 0 Å². The molecule has 1 heterocycles. The van der Waals surface area contributed by atoms with Gasteiger partial charge in [0.1, 0.15) is 21.0 Å². The van der Waals surface area contributed by atoms with Gasteiger partial charge < -0.3 is 9.66 Å². The maximum atomic E-state index is 11.6. The van der Waals surface area contributed by atoms with E-state index in [0.717, 1.165) is 11.3 Å². The Bertz CT molecular complexity index is 406. The van der Waals surface area contributed by atoms with Gasteiger partial charge in [0, 0.05) is 0 Å². The molecule has 0 radical (unpaired) electrons. The zero-order chi connectivity index (χ0) is 12.3. The first-order chi connectivity index (χ1) is 7.30. The zero-order valence-electron chi connectivity index (χ0n) is 9.26. The minimum Gasteiger partial charge on any atom is -0.591 e. The molecule has 0 aliphatic carbocycles. The van der Waals surface area contributed by atoms with Crippen molar-refractivity contribution in [2.24, 2.45) is 4.40 Å². The number of hydrogen-bond acceptors (Lipinski definition) is 4. The molecular weight excluding hydrogens is 246 g/mol. The lowest BCUT2D eigenvalue weighted by Gasteiger charge is -2.17. The molecule has 0 aliphatic rings.